The molecule has 5 rings (SSSR count). The molecule has 0 saturated carbocycles. The largest absolute Gasteiger partial charge is 0.352 e. The van der Waals surface area contributed by atoms with E-state index in [-0.39, 0.29) is 0 Å². The van der Waals surface area contributed by atoms with E-state index in [1.54, 1.807) is 0 Å². The molecule has 106 valence electrons. The van der Waals surface area contributed by atoms with Crippen molar-refractivity contribution in [3.63, 3.8) is 0 Å². The molecule has 1 aliphatic heterocycles. The highest BCUT2D eigenvalue weighted by molar-refractivity contribution is 5.81. The summed E-state index contributed by atoms with van der Waals surface area (Å²) in [6.07, 6.45) is 0. The molecule has 0 aromatic heterocycles. The van der Waals surface area contributed by atoms with Crippen LogP contribution in [0.25, 0.3) is 11.1 Å². The zero-order chi connectivity index (χ0) is 14.7. The van der Waals surface area contributed by atoms with E-state index in [9.17, 15) is 0 Å². The van der Waals surface area contributed by atoms with Gasteiger partial charge in [0.25, 0.3) is 0 Å². The molecular weight excluding hydrogens is 266 g/mol. The standard InChI is InChI=1S/C21H17N/c1-14-10-12-15(13-11-14)22-20-18-8-4-2-6-16(18)17-7-3-5-9-19(17)21(20)22/h2-13,20-21H,1H3. The maximum Gasteiger partial charge on any atom is 0.0802 e. The average molecular weight is 283 g/mol. The Kier molecular flexibility index (Phi) is 2.32. The highest BCUT2D eigenvalue weighted by Gasteiger charge is 2.53. The molecule has 0 amide bonds. The Morgan fingerprint density at radius 3 is 1.68 bits per heavy atom. The molecule has 0 N–H and O–H groups in total. The Morgan fingerprint density at radius 2 is 1.14 bits per heavy atom. The minimum Gasteiger partial charge on any atom is -0.352 e. The van der Waals surface area contributed by atoms with E-state index in [1.165, 1.54) is 33.5 Å². The monoisotopic (exact) mass is 283 g/mol. The van der Waals surface area contributed by atoms with Gasteiger partial charge in [-0.1, -0.05) is 66.2 Å². The van der Waals surface area contributed by atoms with E-state index in [4.69, 9.17) is 0 Å². The van der Waals surface area contributed by atoms with Gasteiger partial charge in [0.2, 0.25) is 0 Å². The summed E-state index contributed by atoms with van der Waals surface area (Å²) in [5.74, 6) is 0. The number of anilines is 1. The summed E-state index contributed by atoms with van der Waals surface area (Å²) in [4.78, 5) is 2.55. The highest BCUT2D eigenvalue weighted by atomic mass is 15.4. The minimum absolute atomic E-state index is 0.494. The number of fused-ring (bicyclic) bond motifs is 6. The fraction of sp³-hybridized carbons (Fsp3) is 0.143. The Morgan fingerprint density at radius 1 is 0.636 bits per heavy atom. The first-order valence-corrected chi connectivity index (χ1v) is 7.88. The lowest BCUT2D eigenvalue weighted by Crippen LogP contribution is -1.98. The van der Waals surface area contributed by atoms with E-state index in [0.717, 1.165) is 0 Å². The van der Waals surface area contributed by atoms with Crippen LogP contribution in [0.15, 0.2) is 72.8 Å². The van der Waals surface area contributed by atoms with Gasteiger partial charge in [0.1, 0.15) is 0 Å². The SMILES string of the molecule is Cc1ccc(N2C3c4ccccc4-c4ccccc4C32)cc1. The van der Waals surface area contributed by atoms with Crippen LogP contribution < -0.4 is 4.90 Å². The van der Waals surface area contributed by atoms with Gasteiger partial charge in [-0.15, -0.1) is 0 Å². The average Bonchev–Trinajstić information content (AvgIpc) is 3.32. The third kappa shape index (κ3) is 1.54. The van der Waals surface area contributed by atoms with Crippen molar-refractivity contribution in [1.29, 1.82) is 0 Å². The van der Waals surface area contributed by atoms with Gasteiger partial charge in [0.05, 0.1) is 12.1 Å². The summed E-state index contributed by atoms with van der Waals surface area (Å²) in [5.41, 5.74) is 8.36. The quantitative estimate of drug-likeness (QED) is 0.549. The second-order valence-corrected chi connectivity index (χ2v) is 6.31. The molecule has 0 bridgehead atoms. The van der Waals surface area contributed by atoms with Gasteiger partial charge in [-0.3, -0.25) is 0 Å². The predicted octanol–water partition coefficient (Wildman–Crippen LogP) is 5.28. The van der Waals surface area contributed by atoms with Crippen LogP contribution in [0.5, 0.6) is 0 Å². The third-order valence-electron chi connectivity index (χ3n) is 4.99. The van der Waals surface area contributed by atoms with Crippen LogP contribution in [0, 0.1) is 6.92 Å². The summed E-state index contributed by atoms with van der Waals surface area (Å²) < 4.78 is 0. The molecule has 1 saturated heterocycles. The zero-order valence-electron chi connectivity index (χ0n) is 12.5. The fourth-order valence-electron chi connectivity index (χ4n) is 3.91. The van der Waals surface area contributed by atoms with Gasteiger partial charge in [0, 0.05) is 5.69 Å². The number of hydrogen-bond donors (Lipinski definition) is 0. The van der Waals surface area contributed by atoms with Crippen molar-refractivity contribution < 1.29 is 0 Å². The van der Waals surface area contributed by atoms with Gasteiger partial charge < -0.3 is 4.90 Å². The molecular formula is C21H17N. The lowest BCUT2D eigenvalue weighted by molar-refractivity contribution is 1.01. The lowest BCUT2D eigenvalue weighted by Gasteiger charge is -2.16. The molecule has 22 heavy (non-hydrogen) atoms. The number of aryl methyl sites for hydroxylation is 1. The molecule has 2 unspecified atom stereocenters. The van der Waals surface area contributed by atoms with Crippen molar-refractivity contribution in [2.75, 3.05) is 4.90 Å². The van der Waals surface area contributed by atoms with Crippen LogP contribution in [-0.4, -0.2) is 0 Å². The molecule has 3 aromatic rings. The van der Waals surface area contributed by atoms with E-state index >= 15 is 0 Å². The molecule has 3 aromatic carbocycles. The van der Waals surface area contributed by atoms with Crippen molar-refractivity contribution in [3.8, 4) is 11.1 Å². The Balaban J connectivity index is 1.69. The summed E-state index contributed by atoms with van der Waals surface area (Å²) in [5, 5.41) is 0. The van der Waals surface area contributed by atoms with Gasteiger partial charge in [-0.25, -0.2) is 0 Å². The molecule has 0 radical (unpaired) electrons. The molecule has 0 spiro atoms. The normalized spacial score (nSPS) is 20.9. The Hall–Kier alpha value is -2.54. The first-order chi connectivity index (χ1) is 10.8. The first-order valence-electron chi connectivity index (χ1n) is 7.88. The molecule has 1 aliphatic carbocycles. The molecule has 2 atom stereocenters. The van der Waals surface area contributed by atoms with E-state index < -0.39 is 0 Å². The number of rotatable bonds is 1. The number of nitrogens with zero attached hydrogens (tertiary/aromatic N) is 1. The maximum absolute atomic E-state index is 2.55. The van der Waals surface area contributed by atoms with Crippen molar-refractivity contribution >= 4 is 5.69 Å². The Labute approximate surface area is 130 Å². The highest BCUT2D eigenvalue weighted by Crippen LogP contribution is 2.63. The van der Waals surface area contributed by atoms with Crippen LogP contribution in [0.4, 0.5) is 5.69 Å². The molecule has 1 fully saturated rings. The van der Waals surface area contributed by atoms with Crippen LogP contribution in [0.2, 0.25) is 0 Å². The van der Waals surface area contributed by atoms with Gasteiger partial charge in [-0.2, -0.15) is 0 Å². The van der Waals surface area contributed by atoms with Crippen LogP contribution >= 0.6 is 0 Å². The second kappa shape index (κ2) is 4.23. The maximum atomic E-state index is 2.55. The summed E-state index contributed by atoms with van der Waals surface area (Å²) >= 11 is 0. The van der Waals surface area contributed by atoms with Crippen molar-refractivity contribution in [1.82, 2.24) is 0 Å². The number of benzene rings is 3. The topological polar surface area (TPSA) is 3.01 Å². The summed E-state index contributed by atoms with van der Waals surface area (Å²) in [6, 6.07) is 27.6. The van der Waals surface area contributed by atoms with Gasteiger partial charge in [-0.05, 0) is 41.3 Å². The Bertz CT molecular complexity index is 812. The zero-order valence-corrected chi connectivity index (χ0v) is 12.5. The molecule has 1 heterocycles. The van der Waals surface area contributed by atoms with Crippen LogP contribution in [-0.2, 0) is 0 Å². The lowest BCUT2D eigenvalue weighted by atomic mass is 9.86. The van der Waals surface area contributed by atoms with Crippen molar-refractivity contribution in [3.05, 3.63) is 89.5 Å². The first kappa shape index (κ1) is 12.0. The third-order valence-corrected chi connectivity index (χ3v) is 4.99. The summed E-state index contributed by atoms with van der Waals surface area (Å²) in [6.45, 7) is 2.14. The molecule has 1 heteroatoms. The number of hydrogen-bond acceptors (Lipinski definition) is 1. The smallest absolute Gasteiger partial charge is 0.0802 e. The van der Waals surface area contributed by atoms with Crippen LogP contribution in [0.3, 0.4) is 0 Å². The van der Waals surface area contributed by atoms with Crippen LogP contribution in [0.1, 0.15) is 28.8 Å². The summed E-state index contributed by atoms with van der Waals surface area (Å²) in [7, 11) is 0. The molecule has 2 aliphatic rings. The van der Waals surface area contributed by atoms with E-state index in [1.807, 2.05) is 0 Å². The van der Waals surface area contributed by atoms with Gasteiger partial charge in [0.15, 0.2) is 0 Å². The predicted molar refractivity (Wildman–Crippen MR) is 91.0 cm³/mol. The van der Waals surface area contributed by atoms with Crippen molar-refractivity contribution in [2.24, 2.45) is 0 Å². The minimum atomic E-state index is 0.494. The van der Waals surface area contributed by atoms with E-state index in [0.29, 0.717) is 12.1 Å². The second-order valence-electron chi connectivity index (χ2n) is 6.31. The molecule has 1 nitrogen and oxygen atoms in total. The van der Waals surface area contributed by atoms with E-state index in [2.05, 4.69) is 84.6 Å². The van der Waals surface area contributed by atoms with Crippen molar-refractivity contribution in [2.45, 2.75) is 19.0 Å². The van der Waals surface area contributed by atoms with Gasteiger partial charge >= 0.3 is 0 Å². The fourth-order valence-corrected chi connectivity index (χ4v) is 3.91.